The number of nitrogens with zero attached hydrogens (tertiary/aromatic N) is 2. The second-order valence-corrected chi connectivity index (χ2v) is 2.67. The number of hydrogen-bond donors (Lipinski definition) is 1. The van der Waals surface area contributed by atoms with Gasteiger partial charge in [-0.25, -0.2) is 0 Å². The van der Waals surface area contributed by atoms with Gasteiger partial charge >= 0.3 is 0 Å². The first kappa shape index (κ1) is 5.95. The number of hydrogen-bond acceptors (Lipinski definition) is 3. The van der Waals surface area contributed by atoms with Crippen molar-refractivity contribution in [1.82, 2.24) is 5.01 Å². The summed E-state index contributed by atoms with van der Waals surface area (Å²) >= 11 is 4.26. The molecule has 0 fully saturated rings. The van der Waals surface area contributed by atoms with Crippen molar-refractivity contribution in [2.24, 2.45) is 5.10 Å². The molecule has 1 aliphatic heterocycles. The van der Waals surface area contributed by atoms with Crippen molar-refractivity contribution in [2.45, 2.75) is 18.2 Å². The van der Waals surface area contributed by atoms with Crippen molar-refractivity contribution in [3.05, 3.63) is 0 Å². The summed E-state index contributed by atoms with van der Waals surface area (Å²) in [5, 5.41) is 6.26. The summed E-state index contributed by atoms with van der Waals surface area (Å²) in [6, 6.07) is 0.457. The molecule has 0 N–H and O–H groups in total. The monoisotopic (exact) mass is 130 g/mol. The van der Waals surface area contributed by atoms with Crippen molar-refractivity contribution in [1.29, 1.82) is 0 Å². The predicted molar refractivity (Wildman–Crippen MR) is 38.5 cm³/mol. The van der Waals surface area contributed by atoms with Crippen LogP contribution in [0, 0.1) is 0 Å². The molecule has 0 bridgehead atoms. The van der Waals surface area contributed by atoms with Crippen LogP contribution in [0.15, 0.2) is 5.10 Å². The Morgan fingerprint density at radius 2 is 2.38 bits per heavy atom. The highest BCUT2D eigenvalue weighted by Crippen LogP contribution is 2.12. The van der Waals surface area contributed by atoms with Crippen LogP contribution in [-0.4, -0.2) is 29.6 Å². The minimum Gasteiger partial charge on any atom is -0.296 e. The fraction of sp³-hybridized carbons (Fsp3) is 0.800. The van der Waals surface area contributed by atoms with Gasteiger partial charge in [0.2, 0.25) is 0 Å². The summed E-state index contributed by atoms with van der Waals surface area (Å²) in [4.78, 5) is 0. The summed E-state index contributed by atoms with van der Waals surface area (Å²) in [6.07, 6.45) is 1.85. The molecule has 2 nitrogen and oxygen atoms in total. The largest absolute Gasteiger partial charge is 0.296 e. The normalized spacial score (nSPS) is 36.6. The van der Waals surface area contributed by atoms with E-state index >= 15 is 0 Å². The van der Waals surface area contributed by atoms with Crippen LogP contribution in [0.3, 0.4) is 0 Å². The lowest BCUT2D eigenvalue weighted by molar-refractivity contribution is 0.307. The summed E-state index contributed by atoms with van der Waals surface area (Å²) in [6.45, 7) is 2.10. The Bertz CT molecular complexity index is 101. The molecular formula is C5H10N2S. The maximum Gasteiger partial charge on any atom is 0.0605 e. The fourth-order valence-corrected chi connectivity index (χ4v) is 0.877. The second kappa shape index (κ2) is 1.97. The quantitative estimate of drug-likeness (QED) is 0.475. The van der Waals surface area contributed by atoms with Gasteiger partial charge in [-0.15, -0.1) is 0 Å². The van der Waals surface area contributed by atoms with E-state index in [2.05, 4.69) is 24.7 Å². The number of rotatable bonds is 0. The van der Waals surface area contributed by atoms with E-state index in [1.165, 1.54) is 0 Å². The third-order valence-corrected chi connectivity index (χ3v) is 2.05. The topological polar surface area (TPSA) is 15.6 Å². The number of thiol groups is 1. The number of hydrazone groups is 1. The molecule has 0 aromatic rings. The van der Waals surface area contributed by atoms with Gasteiger partial charge in [-0.05, 0) is 6.92 Å². The lowest BCUT2D eigenvalue weighted by atomic mass is 10.3. The SMILES string of the molecule is CC1C(S)C=NN1C. The van der Waals surface area contributed by atoms with Gasteiger partial charge in [0, 0.05) is 13.3 Å². The molecule has 0 amide bonds. The Kier molecular flexibility index (Phi) is 1.47. The van der Waals surface area contributed by atoms with Gasteiger partial charge in [0.05, 0.1) is 11.3 Å². The Labute approximate surface area is 55.0 Å². The molecule has 1 rings (SSSR count). The first-order chi connectivity index (χ1) is 3.72. The molecular weight excluding hydrogens is 120 g/mol. The van der Waals surface area contributed by atoms with Crippen LogP contribution >= 0.6 is 12.6 Å². The van der Waals surface area contributed by atoms with Crippen LogP contribution < -0.4 is 0 Å². The van der Waals surface area contributed by atoms with Crippen molar-refractivity contribution in [3.8, 4) is 0 Å². The first-order valence-corrected chi connectivity index (χ1v) is 3.18. The van der Waals surface area contributed by atoms with E-state index in [-0.39, 0.29) is 0 Å². The fourth-order valence-electron chi connectivity index (χ4n) is 0.624. The zero-order valence-corrected chi connectivity index (χ0v) is 5.97. The smallest absolute Gasteiger partial charge is 0.0605 e. The van der Waals surface area contributed by atoms with E-state index in [1.54, 1.807) is 0 Å². The van der Waals surface area contributed by atoms with E-state index in [4.69, 9.17) is 0 Å². The minimum atomic E-state index is 0.319. The van der Waals surface area contributed by atoms with Crippen LogP contribution in [0.25, 0.3) is 0 Å². The zero-order valence-electron chi connectivity index (χ0n) is 5.07. The molecule has 1 aliphatic rings. The third-order valence-electron chi connectivity index (χ3n) is 1.49. The van der Waals surface area contributed by atoms with Gasteiger partial charge in [-0.3, -0.25) is 5.01 Å². The maximum absolute atomic E-state index is 4.26. The molecule has 8 heavy (non-hydrogen) atoms. The Hall–Kier alpha value is -0.180. The van der Waals surface area contributed by atoms with Gasteiger partial charge in [-0.2, -0.15) is 17.7 Å². The molecule has 2 atom stereocenters. The average molecular weight is 130 g/mol. The lowest BCUT2D eigenvalue weighted by Gasteiger charge is -2.15. The molecule has 2 unspecified atom stereocenters. The van der Waals surface area contributed by atoms with Crippen molar-refractivity contribution >= 4 is 18.8 Å². The molecule has 46 valence electrons. The Morgan fingerprint density at radius 3 is 2.50 bits per heavy atom. The average Bonchev–Trinajstić information content (AvgIpc) is 1.98. The van der Waals surface area contributed by atoms with Gasteiger partial charge in [0.1, 0.15) is 0 Å². The molecule has 0 saturated carbocycles. The molecule has 1 heterocycles. The Morgan fingerprint density at radius 1 is 1.75 bits per heavy atom. The van der Waals surface area contributed by atoms with Crippen molar-refractivity contribution in [2.75, 3.05) is 7.05 Å². The minimum absolute atomic E-state index is 0.319. The van der Waals surface area contributed by atoms with Crippen LogP contribution in [0.5, 0.6) is 0 Å². The van der Waals surface area contributed by atoms with Crippen LogP contribution in [-0.2, 0) is 0 Å². The van der Waals surface area contributed by atoms with Crippen molar-refractivity contribution < 1.29 is 0 Å². The van der Waals surface area contributed by atoms with Crippen LogP contribution in [0.2, 0.25) is 0 Å². The molecule has 0 radical (unpaired) electrons. The summed E-state index contributed by atoms with van der Waals surface area (Å²) in [7, 11) is 1.96. The molecule has 0 aromatic carbocycles. The van der Waals surface area contributed by atoms with E-state index in [9.17, 15) is 0 Å². The molecule has 0 aromatic heterocycles. The van der Waals surface area contributed by atoms with E-state index in [1.807, 2.05) is 18.3 Å². The van der Waals surface area contributed by atoms with Gasteiger partial charge in [0.15, 0.2) is 0 Å². The lowest BCUT2D eigenvalue weighted by Crippen LogP contribution is -2.25. The summed E-state index contributed by atoms with van der Waals surface area (Å²) in [5.74, 6) is 0. The van der Waals surface area contributed by atoms with Gasteiger partial charge < -0.3 is 0 Å². The molecule has 0 aliphatic carbocycles. The van der Waals surface area contributed by atoms with Crippen molar-refractivity contribution in [3.63, 3.8) is 0 Å². The zero-order chi connectivity index (χ0) is 6.15. The Balaban J connectivity index is 2.55. The molecule has 3 heteroatoms. The summed E-state index contributed by atoms with van der Waals surface area (Å²) in [5.41, 5.74) is 0. The predicted octanol–water partition coefficient (Wildman–Crippen LogP) is 0.605. The van der Waals surface area contributed by atoms with E-state index in [0.717, 1.165) is 0 Å². The third kappa shape index (κ3) is 0.823. The van der Waals surface area contributed by atoms with E-state index < -0.39 is 0 Å². The van der Waals surface area contributed by atoms with Crippen LogP contribution in [0.4, 0.5) is 0 Å². The van der Waals surface area contributed by atoms with Gasteiger partial charge in [0.25, 0.3) is 0 Å². The standard InChI is InChI=1S/C5H10N2S/c1-4-5(8)3-6-7(4)2/h3-5,8H,1-2H3. The van der Waals surface area contributed by atoms with E-state index in [0.29, 0.717) is 11.3 Å². The second-order valence-electron chi connectivity index (χ2n) is 2.07. The molecule has 0 saturated heterocycles. The summed E-state index contributed by atoms with van der Waals surface area (Å²) < 4.78 is 0. The maximum atomic E-state index is 4.26. The molecule has 0 spiro atoms. The first-order valence-electron chi connectivity index (χ1n) is 2.67. The van der Waals surface area contributed by atoms with Crippen LogP contribution in [0.1, 0.15) is 6.92 Å². The highest BCUT2D eigenvalue weighted by Gasteiger charge is 2.19. The van der Waals surface area contributed by atoms with Gasteiger partial charge in [-0.1, -0.05) is 0 Å². The highest BCUT2D eigenvalue weighted by molar-refractivity contribution is 7.81. The highest BCUT2D eigenvalue weighted by atomic mass is 32.1.